The Balaban J connectivity index is 1.62. The van der Waals surface area contributed by atoms with Crippen LogP contribution in [0.4, 0.5) is 0 Å². The molecule has 0 heterocycles. The van der Waals surface area contributed by atoms with Crippen molar-refractivity contribution in [2.45, 2.75) is 32.3 Å². The highest BCUT2D eigenvalue weighted by Crippen LogP contribution is 2.28. The van der Waals surface area contributed by atoms with E-state index in [4.69, 9.17) is 9.84 Å². The van der Waals surface area contributed by atoms with Crippen LogP contribution in [-0.2, 0) is 20.9 Å². The first-order valence-corrected chi connectivity index (χ1v) is 11.8. The van der Waals surface area contributed by atoms with Gasteiger partial charge in [0.25, 0.3) is 0 Å². The number of nitrogens with one attached hydrogen (secondary N) is 2. The number of nitroso groups, excluding NO2 is 1. The number of nitrogens with zero attached hydrogens (tertiary/aromatic N) is 1. The number of Topliss-reactive ketones (excluding diaryl/α,β-unsaturated/α-hetero) is 2. The highest BCUT2D eigenvalue weighted by Gasteiger charge is 2.30. The van der Waals surface area contributed by atoms with Crippen LogP contribution in [0.3, 0.4) is 0 Å². The minimum atomic E-state index is -1.10. The minimum Gasteiger partial charge on any atom is -0.394 e. The number of ether oxygens (including phenoxy) is 1. The third kappa shape index (κ3) is 8.38. The van der Waals surface area contributed by atoms with Crippen molar-refractivity contribution in [3.8, 4) is 11.1 Å². The normalized spacial score (nSPS) is 13.6. The number of ketones is 2. The number of hydrogen-bond acceptors (Lipinski definition) is 7. The van der Waals surface area contributed by atoms with Crippen LogP contribution < -0.4 is 10.7 Å². The number of benzene rings is 2. The number of carbonyl (C=O) groups excluding carboxylic acids is 3. The summed E-state index contributed by atoms with van der Waals surface area (Å²) in [6.45, 7) is 1.22. The van der Waals surface area contributed by atoms with Crippen LogP contribution in [0.1, 0.15) is 41.6 Å². The summed E-state index contributed by atoms with van der Waals surface area (Å²) in [5.74, 6) is -1.80. The fourth-order valence-electron chi connectivity index (χ4n) is 3.64. The molecule has 1 saturated carbocycles. The number of aliphatic hydroxyl groups excluding tert-OH is 1. The third-order valence-electron chi connectivity index (χ3n) is 5.90. The second kappa shape index (κ2) is 13.5. The van der Waals surface area contributed by atoms with Crippen molar-refractivity contribution < 1.29 is 24.2 Å². The van der Waals surface area contributed by atoms with Gasteiger partial charge in [-0.25, -0.2) is 0 Å². The van der Waals surface area contributed by atoms with Gasteiger partial charge in [-0.05, 0) is 35.4 Å². The molecule has 0 saturated heterocycles. The Morgan fingerprint density at radius 2 is 1.69 bits per heavy atom. The Bertz CT molecular complexity index is 1000. The van der Waals surface area contributed by atoms with Crippen LogP contribution in [0.5, 0.6) is 0 Å². The summed E-state index contributed by atoms with van der Waals surface area (Å²) in [6, 6.07) is 14.8. The van der Waals surface area contributed by atoms with Crippen molar-refractivity contribution in [2.24, 2.45) is 17.1 Å². The summed E-state index contributed by atoms with van der Waals surface area (Å²) in [5.41, 5.74) is 5.47. The van der Waals surface area contributed by atoms with Gasteiger partial charge in [-0.2, -0.15) is 0 Å². The van der Waals surface area contributed by atoms with Crippen molar-refractivity contribution >= 4 is 17.5 Å². The smallest absolute Gasteiger partial charge is 0.231 e. The summed E-state index contributed by atoms with van der Waals surface area (Å²) in [4.78, 5) is 48.4. The van der Waals surface area contributed by atoms with Crippen LogP contribution >= 0.6 is 0 Å². The topological polar surface area (TPSA) is 134 Å². The highest BCUT2D eigenvalue weighted by atomic mass is 16.5. The molecule has 9 heteroatoms. The SMILES string of the molecule is O=NNCCC(=O)C(CC(=O)c1ccc(-c2ccc(COCCO)cc2)cc1)C(=O)NCC1CC1. The van der Waals surface area contributed by atoms with Crippen LogP contribution in [0.2, 0.25) is 0 Å². The molecule has 1 atom stereocenters. The van der Waals surface area contributed by atoms with Crippen LogP contribution in [-0.4, -0.2) is 48.9 Å². The second-order valence-corrected chi connectivity index (χ2v) is 8.63. The zero-order valence-corrected chi connectivity index (χ0v) is 19.6. The third-order valence-corrected chi connectivity index (χ3v) is 5.90. The zero-order valence-electron chi connectivity index (χ0n) is 19.6. The molecule has 2 aromatic rings. The molecule has 1 fully saturated rings. The maximum absolute atomic E-state index is 12.9. The fraction of sp³-hybridized carbons (Fsp3) is 0.423. The van der Waals surface area contributed by atoms with E-state index in [9.17, 15) is 19.3 Å². The largest absolute Gasteiger partial charge is 0.394 e. The van der Waals surface area contributed by atoms with Gasteiger partial charge in [0, 0.05) is 36.8 Å². The molecule has 0 aliphatic heterocycles. The zero-order chi connectivity index (χ0) is 25.0. The van der Waals surface area contributed by atoms with Gasteiger partial charge in [0.1, 0.15) is 11.7 Å². The van der Waals surface area contributed by atoms with Crippen molar-refractivity contribution in [3.63, 3.8) is 0 Å². The number of amides is 1. The van der Waals surface area contributed by atoms with Crippen LogP contribution in [0.25, 0.3) is 11.1 Å². The van der Waals surface area contributed by atoms with Gasteiger partial charge in [0.15, 0.2) is 5.78 Å². The molecule has 2 aromatic carbocycles. The predicted molar refractivity (Wildman–Crippen MR) is 130 cm³/mol. The first kappa shape index (κ1) is 26.2. The minimum absolute atomic E-state index is 0.0158. The van der Waals surface area contributed by atoms with E-state index in [1.54, 1.807) is 12.1 Å². The molecule has 9 nitrogen and oxygen atoms in total. The Morgan fingerprint density at radius 3 is 2.29 bits per heavy atom. The van der Waals surface area contributed by atoms with Gasteiger partial charge in [0.05, 0.1) is 19.8 Å². The maximum Gasteiger partial charge on any atom is 0.231 e. The lowest BCUT2D eigenvalue weighted by atomic mass is 9.91. The van der Waals surface area contributed by atoms with Crippen molar-refractivity contribution in [1.82, 2.24) is 10.7 Å². The Hall–Kier alpha value is -3.43. The lowest BCUT2D eigenvalue weighted by Gasteiger charge is -2.15. The first-order chi connectivity index (χ1) is 17.0. The summed E-state index contributed by atoms with van der Waals surface area (Å²) < 4.78 is 5.32. The molecule has 35 heavy (non-hydrogen) atoms. The molecule has 3 N–H and O–H groups in total. The standard InChI is InChI=1S/C26H31N3O6/c30-13-14-35-17-19-3-5-20(6-4-19)21-7-9-22(10-8-21)25(32)15-23(24(31)11-12-28-29-34)26(33)27-16-18-1-2-18/h3-10,18,23,30H,1-2,11-17H2,(H,27,33)(H,28,34). The van der Waals surface area contributed by atoms with E-state index < -0.39 is 17.6 Å². The Kier molecular flexibility index (Phi) is 10.1. The van der Waals surface area contributed by atoms with Gasteiger partial charge < -0.3 is 15.2 Å². The monoisotopic (exact) mass is 481 g/mol. The number of aliphatic hydroxyl groups is 1. The molecule has 186 valence electrons. The molecular formula is C26H31N3O6. The van der Waals surface area contributed by atoms with Crippen molar-refractivity contribution in [2.75, 3.05) is 26.3 Å². The van der Waals surface area contributed by atoms with Gasteiger partial charge in [-0.3, -0.25) is 19.8 Å². The average Bonchev–Trinajstić information content (AvgIpc) is 3.71. The summed E-state index contributed by atoms with van der Waals surface area (Å²) >= 11 is 0. The van der Waals surface area contributed by atoms with E-state index in [0.29, 0.717) is 31.2 Å². The fourth-order valence-corrected chi connectivity index (χ4v) is 3.64. The molecule has 1 amide bonds. The molecule has 3 rings (SSSR count). The lowest BCUT2D eigenvalue weighted by Crippen LogP contribution is -2.38. The molecule has 1 aliphatic rings. The molecular weight excluding hydrogens is 450 g/mol. The molecule has 1 unspecified atom stereocenters. The van der Waals surface area contributed by atoms with Gasteiger partial charge >= 0.3 is 0 Å². The summed E-state index contributed by atoms with van der Waals surface area (Å²) in [5, 5.41) is 14.1. The summed E-state index contributed by atoms with van der Waals surface area (Å²) in [7, 11) is 0. The van der Waals surface area contributed by atoms with E-state index in [2.05, 4.69) is 16.0 Å². The second-order valence-electron chi connectivity index (χ2n) is 8.63. The highest BCUT2D eigenvalue weighted by molar-refractivity contribution is 6.07. The molecule has 0 spiro atoms. The number of hydrogen-bond donors (Lipinski definition) is 3. The molecule has 1 aliphatic carbocycles. The lowest BCUT2D eigenvalue weighted by molar-refractivity contribution is -0.134. The molecule has 0 radical (unpaired) electrons. The first-order valence-electron chi connectivity index (χ1n) is 11.8. The van der Waals surface area contributed by atoms with E-state index in [0.717, 1.165) is 29.5 Å². The van der Waals surface area contributed by atoms with Crippen LogP contribution in [0, 0.1) is 16.7 Å². The molecule has 0 aromatic heterocycles. The Labute approximate surface area is 204 Å². The van der Waals surface area contributed by atoms with E-state index in [1.165, 1.54) is 0 Å². The quantitative estimate of drug-likeness (QED) is 0.110. The van der Waals surface area contributed by atoms with Crippen molar-refractivity contribution in [1.29, 1.82) is 0 Å². The average molecular weight is 482 g/mol. The van der Waals surface area contributed by atoms with Gasteiger partial charge in [-0.15, -0.1) is 4.91 Å². The maximum atomic E-state index is 12.9. The Morgan fingerprint density at radius 1 is 1.03 bits per heavy atom. The number of carbonyl (C=O) groups is 3. The summed E-state index contributed by atoms with van der Waals surface area (Å²) in [6.07, 6.45) is 1.81. The predicted octanol–water partition coefficient (Wildman–Crippen LogP) is 2.81. The van der Waals surface area contributed by atoms with E-state index >= 15 is 0 Å². The van der Waals surface area contributed by atoms with Crippen LogP contribution in [0.15, 0.2) is 53.8 Å². The van der Waals surface area contributed by atoms with Crippen molar-refractivity contribution in [3.05, 3.63) is 64.6 Å². The van der Waals surface area contributed by atoms with E-state index in [-0.39, 0.29) is 31.8 Å². The van der Waals surface area contributed by atoms with Gasteiger partial charge in [-0.1, -0.05) is 48.5 Å². The van der Waals surface area contributed by atoms with Gasteiger partial charge in [0.2, 0.25) is 5.91 Å². The number of rotatable bonds is 16. The molecule has 0 bridgehead atoms. The van der Waals surface area contributed by atoms with E-state index in [1.807, 2.05) is 36.4 Å².